The summed E-state index contributed by atoms with van der Waals surface area (Å²) in [6.45, 7) is 9.07. The van der Waals surface area contributed by atoms with Crippen LogP contribution < -0.4 is 5.32 Å². The second-order valence-corrected chi connectivity index (χ2v) is 4.62. The minimum absolute atomic E-state index is 0.599. The summed E-state index contributed by atoms with van der Waals surface area (Å²) < 4.78 is 10.9. The maximum absolute atomic E-state index is 5.62. The topological polar surface area (TPSA) is 30.5 Å². The van der Waals surface area contributed by atoms with Crippen LogP contribution in [0.1, 0.15) is 33.1 Å². The fraction of sp³-hybridized carbons (Fsp3) is 1.00. The second kappa shape index (κ2) is 8.08. The van der Waals surface area contributed by atoms with Crippen LogP contribution >= 0.6 is 0 Å². The highest BCUT2D eigenvalue weighted by Gasteiger charge is 2.14. The molecule has 0 saturated carbocycles. The monoisotopic (exact) mass is 215 g/mol. The van der Waals surface area contributed by atoms with E-state index < -0.39 is 0 Å². The molecule has 1 aliphatic rings. The van der Waals surface area contributed by atoms with E-state index in [1.807, 2.05) is 0 Å². The van der Waals surface area contributed by atoms with Crippen LogP contribution in [0.5, 0.6) is 0 Å². The standard InChI is InChI=1S/C12H25NO2/c1-11(2)13-6-3-4-7-14-9-12-5-8-15-10-12/h11-13H,3-10H2,1-2H3. The highest BCUT2D eigenvalue weighted by atomic mass is 16.5. The normalized spacial score (nSPS) is 21.4. The summed E-state index contributed by atoms with van der Waals surface area (Å²) in [5.74, 6) is 0.652. The third-order valence-corrected chi connectivity index (χ3v) is 2.65. The molecule has 1 saturated heterocycles. The van der Waals surface area contributed by atoms with Crippen molar-refractivity contribution in [2.45, 2.75) is 39.2 Å². The molecule has 1 heterocycles. The maximum Gasteiger partial charge on any atom is 0.0517 e. The second-order valence-electron chi connectivity index (χ2n) is 4.62. The summed E-state index contributed by atoms with van der Waals surface area (Å²) in [6, 6.07) is 0.599. The summed E-state index contributed by atoms with van der Waals surface area (Å²) in [6.07, 6.45) is 3.54. The Hall–Kier alpha value is -0.120. The minimum Gasteiger partial charge on any atom is -0.381 e. The van der Waals surface area contributed by atoms with E-state index in [2.05, 4.69) is 19.2 Å². The molecule has 90 valence electrons. The molecule has 3 nitrogen and oxygen atoms in total. The van der Waals surface area contributed by atoms with Crippen molar-refractivity contribution in [3.05, 3.63) is 0 Å². The molecule has 1 atom stereocenters. The fourth-order valence-corrected chi connectivity index (χ4v) is 1.68. The Morgan fingerprint density at radius 1 is 1.40 bits per heavy atom. The van der Waals surface area contributed by atoms with E-state index in [0.29, 0.717) is 12.0 Å². The zero-order valence-corrected chi connectivity index (χ0v) is 10.1. The van der Waals surface area contributed by atoms with Gasteiger partial charge in [0.15, 0.2) is 0 Å². The van der Waals surface area contributed by atoms with E-state index in [9.17, 15) is 0 Å². The Balaban J connectivity index is 1.76. The van der Waals surface area contributed by atoms with E-state index >= 15 is 0 Å². The lowest BCUT2D eigenvalue weighted by Crippen LogP contribution is -2.23. The largest absolute Gasteiger partial charge is 0.381 e. The van der Waals surface area contributed by atoms with Crippen LogP contribution in [0.2, 0.25) is 0 Å². The van der Waals surface area contributed by atoms with Crippen LogP contribution in [0.25, 0.3) is 0 Å². The van der Waals surface area contributed by atoms with E-state index in [-0.39, 0.29) is 0 Å². The highest BCUT2D eigenvalue weighted by molar-refractivity contribution is 4.62. The summed E-state index contributed by atoms with van der Waals surface area (Å²) in [4.78, 5) is 0. The third-order valence-electron chi connectivity index (χ3n) is 2.65. The van der Waals surface area contributed by atoms with Gasteiger partial charge >= 0.3 is 0 Å². The lowest BCUT2D eigenvalue weighted by Gasteiger charge is -2.09. The Kier molecular flexibility index (Phi) is 6.98. The van der Waals surface area contributed by atoms with Gasteiger partial charge in [0.25, 0.3) is 0 Å². The van der Waals surface area contributed by atoms with Gasteiger partial charge in [-0.3, -0.25) is 0 Å². The van der Waals surface area contributed by atoms with Gasteiger partial charge in [0, 0.05) is 25.2 Å². The molecule has 1 aliphatic heterocycles. The molecule has 0 amide bonds. The first-order valence-electron chi connectivity index (χ1n) is 6.18. The number of nitrogens with one attached hydrogen (secondary N) is 1. The van der Waals surface area contributed by atoms with E-state index in [1.165, 1.54) is 12.8 Å². The van der Waals surface area contributed by atoms with Crippen molar-refractivity contribution in [2.75, 3.05) is 33.0 Å². The van der Waals surface area contributed by atoms with Crippen molar-refractivity contribution >= 4 is 0 Å². The van der Waals surface area contributed by atoms with Gasteiger partial charge in [-0.15, -0.1) is 0 Å². The number of unbranched alkanes of at least 4 members (excludes halogenated alkanes) is 1. The quantitative estimate of drug-likeness (QED) is 0.626. The first-order valence-corrected chi connectivity index (χ1v) is 6.18. The van der Waals surface area contributed by atoms with Crippen LogP contribution in [0.3, 0.4) is 0 Å². The molecule has 0 aromatic heterocycles. The maximum atomic E-state index is 5.62. The van der Waals surface area contributed by atoms with Gasteiger partial charge in [-0.05, 0) is 25.8 Å². The molecule has 1 N–H and O–H groups in total. The Bertz CT molecular complexity index is 145. The number of ether oxygens (including phenoxy) is 2. The lowest BCUT2D eigenvalue weighted by molar-refractivity contribution is 0.0873. The van der Waals surface area contributed by atoms with Crippen molar-refractivity contribution in [1.82, 2.24) is 5.32 Å². The van der Waals surface area contributed by atoms with Crippen LogP contribution in [-0.4, -0.2) is 39.0 Å². The molecule has 0 bridgehead atoms. The number of rotatable bonds is 8. The molecule has 1 fully saturated rings. The molecule has 15 heavy (non-hydrogen) atoms. The summed E-state index contributed by atoms with van der Waals surface area (Å²) in [5, 5.41) is 3.40. The van der Waals surface area contributed by atoms with Gasteiger partial charge in [-0.1, -0.05) is 13.8 Å². The number of hydrogen-bond acceptors (Lipinski definition) is 3. The Morgan fingerprint density at radius 3 is 2.93 bits per heavy atom. The smallest absolute Gasteiger partial charge is 0.0517 e. The molecule has 0 radical (unpaired) electrons. The molecule has 1 rings (SSSR count). The molecule has 1 unspecified atom stereocenters. The van der Waals surface area contributed by atoms with Crippen LogP contribution in [-0.2, 0) is 9.47 Å². The van der Waals surface area contributed by atoms with Gasteiger partial charge in [-0.25, -0.2) is 0 Å². The lowest BCUT2D eigenvalue weighted by atomic mass is 10.1. The Labute approximate surface area is 93.5 Å². The van der Waals surface area contributed by atoms with Crippen molar-refractivity contribution in [3.8, 4) is 0 Å². The zero-order valence-electron chi connectivity index (χ0n) is 10.1. The van der Waals surface area contributed by atoms with Crippen molar-refractivity contribution < 1.29 is 9.47 Å². The number of hydrogen-bond donors (Lipinski definition) is 1. The van der Waals surface area contributed by atoms with Crippen LogP contribution in [0, 0.1) is 5.92 Å². The van der Waals surface area contributed by atoms with Crippen LogP contribution in [0.15, 0.2) is 0 Å². The molecule has 0 spiro atoms. The molecular formula is C12H25NO2. The molecular weight excluding hydrogens is 190 g/mol. The van der Waals surface area contributed by atoms with Gasteiger partial charge in [0.05, 0.1) is 13.2 Å². The predicted octanol–water partition coefficient (Wildman–Crippen LogP) is 1.82. The first-order chi connectivity index (χ1) is 7.29. The molecule has 0 aromatic carbocycles. The molecule has 0 aromatic rings. The zero-order chi connectivity index (χ0) is 10.9. The Morgan fingerprint density at radius 2 is 2.27 bits per heavy atom. The summed E-state index contributed by atoms with van der Waals surface area (Å²) >= 11 is 0. The van der Waals surface area contributed by atoms with Gasteiger partial charge in [0.2, 0.25) is 0 Å². The van der Waals surface area contributed by atoms with Gasteiger partial charge < -0.3 is 14.8 Å². The highest BCUT2D eigenvalue weighted by Crippen LogP contribution is 2.12. The van der Waals surface area contributed by atoms with Crippen molar-refractivity contribution in [3.63, 3.8) is 0 Å². The minimum atomic E-state index is 0.599. The SMILES string of the molecule is CC(C)NCCCCOCC1CCOC1. The predicted molar refractivity (Wildman–Crippen MR) is 62.1 cm³/mol. The average molecular weight is 215 g/mol. The molecule has 0 aliphatic carbocycles. The summed E-state index contributed by atoms with van der Waals surface area (Å²) in [5.41, 5.74) is 0. The first kappa shape index (κ1) is 12.9. The van der Waals surface area contributed by atoms with Crippen molar-refractivity contribution in [2.24, 2.45) is 5.92 Å². The van der Waals surface area contributed by atoms with Crippen molar-refractivity contribution in [1.29, 1.82) is 0 Å². The average Bonchev–Trinajstić information content (AvgIpc) is 2.68. The van der Waals surface area contributed by atoms with Gasteiger partial charge in [-0.2, -0.15) is 0 Å². The molecule has 3 heteroatoms. The van der Waals surface area contributed by atoms with E-state index in [0.717, 1.165) is 39.4 Å². The van der Waals surface area contributed by atoms with Gasteiger partial charge in [0.1, 0.15) is 0 Å². The van der Waals surface area contributed by atoms with E-state index in [1.54, 1.807) is 0 Å². The third kappa shape index (κ3) is 6.88. The summed E-state index contributed by atoms with van der Waals surface area (Å²) in [7, 11) is 0. The van der Waals surface area contributed by atoms with E-state index in [4.69, 9.17) is 9.47 Å². The fourth-order valence-electron chi connectivity index (χ4n) is 1.68. The van der Waals surface area contributed by atoms with Crippen LogP contribution in [0.4, 0.5) is 0 Å².